The first-order valence-corrected chi connectivity index (χ1v) is 10.4. The Morgan fingerprint density at radius 1 is 0.960 bits per heavy atom. The van der Waals surface area contributed by atoms with Gasteiger partial charge in [0.15, 0.2) is 0 Å². The van der Waals surface area contributed by atoms with Gasteiger partial charge < -0.3 is 24.8 Å². The third kappa shape index (κ3) is 4.06. The van der Waals surface area contributed by atoms with Crippen molar-refractivity contribution in [1.82, 2.24) is 0 Å². The minimum atomic E-state index is -0.445. The van der Waals surface area contributed by atoms with E-state index in [1.165, 1.54) is 28.0 Å². The summed E-state index contributed by atoms with van der Waals surface area (Å²) in [5, 5.41) is 1.64. The molecule has 25 heavy (non-hydrogen) atoms. The van der Waals surface area contributed by atoms with Crippen molar-refractivity contribution >= 4 is 19.3 Å². The summed E-state index contributed by atoms with van der Waals surface area (Å²) in [5.74, 6) is 0. The number of nitrogens with zero attached hydrogens (tertiary/aromatic N) is 1. The van der Waals surface area contributed by atoms with Crippen LogP contribution in [0.2, 0.25) is 13.1 Å². The Balaban J connectivity index is 0.00000104. The molecule has 0 aromatic heterocycles. The third-order valence-electron chi connectivity index (χ3n) is 4.52. The van der Waals surface area contributed by atoms with Gasteiger partial charge in [0.2, 0.25) is 0 Å². The zero-order valence-corrected chi connectivity index (χ0v) is 19.3. The zero-order valence-electron chi connectivity index (χ0n) is 14.3. The summed E-state index contributed by atoms with van der Waals surface area (Å²) in [4.78, 5) is 5.01. The summed E-state index contributed by atoms with van der Waals surface area (Å²) < 4.78 is 0. The van der Waals surface area contributed by atoms with Gasteiger partial charge in [-0.15, -0.1) is 0 Å². The largest absolute Gasteiger partial charge is 2.00 e. The minimum Gasteiger partial charge on any atom is -1.00 e. The summed E-state index contributed by atoms with van der Waals surface area (Å²) in [7, 11) is -0.445. The van der Waals surface area contributed by atoms with Gasteiger partial charge in [0.1, 0.15) is 0 Å². The Hall–Kier alpha value is -0.600. The molecule has 1 heterocycles. The molecule has 0 saturated carbocycles. The molecule has 1 nitrogen and oxygen atoms in total. The smallest absolute Gasteiger partial charge is 1.00 e. The predicted molar refractivity (Wildman–Crippen MR) is 97.0 cm³/mol. The molecule has 126 valence electrons. The van der Waals surface area contributed by atoms with E-state index in [-0.39, 0.29) is 51.0 Å². The molecule has 4 rings (SSSR count). The number of aliphatic imine (C=N–C) groups is 1. The van der Waals surface area contributed by atoms with Crippen LogP contribution in [0.1, 0.15) is 18.4 Å². The molecule has 0 N–H and O–H groups in total. The molecule has 5 heteroatoms. The number of hydrogen-bond donors (Lipinski definition) is 0. The summed E-state index contributed by atoms with van der Waals surface area (Å²) in [5.41, 5.74) is 7.87. The van der Waals surface area contributed by atoms with Crippen LogP contribution in [-0.4, -0.2) is 19.3 Å². The molecule has 0 amide bonds. The normalized spacial score (nSPS) is 17.0. The quantitative estimate of drug-likeness (QED) is 0.473. The second-order valence-electron chi connectivity index (χ2n) is 6.17. The molecule has 0 unspecified atom stereocenters. The number of fused-ring (bicyclic) bond motifs is 1. The van der Waals surface area contributed by atoms with Gasteiger partial charge in [-0.1, -0.05) is 72.9 Å². The Morgan fingerprint density at radius 2 is 1.68 bits per heavy atom. The number of allylic oxidation sites excluding steroid dienone is 7. The number of halogens is 2. The molecule has 0 atom stereocenters. The third-order valence-corrected chi connectivity index (χ3v) is 6.18. The summed E-state index contributed by atoms with van der Waals surface area (Å²) in [6.07, 6.45) is 11.1. The molecule has 0 spiro atoms. The minimum absolute atomic E-state index is 0. The monoisotopic (exact) mass is 461 g/mol. The van der Waals surface area contributed by atoms with Gasteiger partial charge in [-0.05, 0) is 18.4 Å². The number of rotatable bonds is 2. The van der Waals surface area contributed by atoms with Crippen LogP contribution in [0.25, 0.3) is 0 Å². The molecule has 0 bridgehead atoms. The fraction of sp³-hybridized carbons (Fsp3) is 0.200. The molecule has 0 fully saturated rings. The first-order valence-electron chi connectivity index (χ1n) is 7.88. The van der Waals surface area contributed by atoms with Gasteiger partial charge in [-0.25, -0.2) is 4.99 Å². The first-order chi connectivity index (χ1) is 10.8. The predicted octanol–water partition coefficient (Wildman–Crippen LogP) is -1.53. The van der Waals surface area contributed by atoms with Crippen molar-refractivity contribution in [2.24, 2.45) is 4.99 Å². The SMILES string of the molecule is C[Si](C)=C1CC=C2N=C(c3ccccc3)C(C3=CC=CC3)=C21.[Cl-].[Cl-].[Zr+2]. The van der Waals surface area contributed by atoms with Crippen molar-refractivity contribution in [3.63, 3.8) is 0 Å². The van der Waals surface area contributed by atoms with Crippen LogP contribution < -0.4 is 24.8 Å². The van der Waals surface area contributed by atoms with Crippen molar-refractivity contribution in [1.29, 1.82) is 0 Å². The van der Waals surface area contributed by atoms with E-state index in [1.807, 2.05) is 0 Å². The molecule has 1 aliphatic heterocycles. The van der Waals surface area contributed by atoms with Crippen LogP contribution >= 0.6 is 0 Å². The van der Waals surface area contributed by atoms with E-state index in [9.17, 15) is 0 Å². The van der Waals surface area contributed by atoms with Gasteiger partial charge in [0.05, 0.1) is 11.4 Å². The maximum atomic E-state index is 5.01. The van der Waals surface area contributed by atoms with Crippen LogP contribution in [0.3, 0.4) is 0 Å². The van der Waals surface area contributed by atoms with Gasteiger partial charge in [0, 0.05) is 25.1 Å². The molecule has 0 radical (unpaired) electrons. The van der Waals surface area contributed by atoms with Crippen LogP contribution in [0.4, 0.5) is 0 Å². The topological polar surface area (TPSA) is 12.4 Å². The first kappa shape index (κ1) is 22.4. The van der Waals surface area contributed by atoms with E-state index in [0.717, 1.165) is 18.6 Å². The van der Waals surface area contributed by atoms with E-state index < -0.39 is 8.41 Å². The van der Waals surface area contributed by atoms with E-state index in [1.54, 1.807) is 5.17 Å². The summed E-state index contributed by atoms with van der Waals surface area (Å²) in [6, 6.07) is 10.6. The average Bonchev–Trinajstić information content (AvgIpc) is 3.23. The van der Waals surface area contributed by atoms with Crippen molar-refractivity contribution in [2.45, 2.75) is 25.9 Å². The van der Waals surface area contributed by atoms with Crippen LogP contribution in [0.5, 0.6) is 0 Å². The van der Waals surface area contributed by atoms with Crippen LogP contribution in [0.15, 0.2) is 82.0 Å². The fourth-order valence-corrected chi connectivity index (χ4v) is 4.70. The molecular weight excluding hydrogens is 444 g/mol. The van der Waals surface area contributed by atoms with E-state index in [0.29, 0.717) is 0 Å². The van der Waals surface area contributed by atoms with E-state index in [2.05, 4.69) is 67.7 Å². The Morgan fingerprint density at radius 3 is 2.28 bits per heavy atom. The summed E-state index contributed by atoms with van der Waals surface area (Å²) >= 11 is 0. The number of hydrogen-bond acceptors (Lipinski definition) is 1. The van der Waals surface area contributed by atoms with Gasteiger partial charge in [-0.2, -0.15) is 0 Å². The van der Waals surface area contributed by atoms with E-state index >= 15 is 0 Å². The standard InChI is InChI=1S/C20H19NSi.2ClH.Zr/c1-22(2)17-13-12-16-19(17)18(14-8-6-7-9-14)20(21-16)15-10-4-3-5-11-15;;;/h3-8,10-12H,9,13H2,1-2H3;2*1H;/q;;;+2/p-2. The van der Waals surface area contributed by atoms with Crippen molar-refractivity contribution in [3.8, 4) is 0 Å². The maximum absolute atomic E-state index is 5.01. The van der Waals surface area contributed by atoms with Crippen molar-refractivity contribution in [3.05, 3.63) is 82.6 Å². The molecule has 2 aliphatic carbocycles. The molecular formula is C20H19Cl2NSiZr. The summed E-state index contributed by atoms with van der Waals surface area (Å²) in [6.45, 7) is 4.78. The molecule has 1 aromatic rings. The zero-order chi connectivity index (χ0) is 15.1. The number of benzene rings is 1. The van der Waals surface area contributed by atoms with Gasteiger partial charge in [-0.3, -0.25) is 0 Å². The second-order valence-corrected chi connectivity index (χ2v) is 8.78. The van der Waals surface area contributed by atoms with Crippen LogP contribution in [-0.2, 0) is 26.2 Å². The van der Waals surface area contributed by atoms with Crippen molar-refractivity contribution in [2.75, 3.05) is 0 Å². The van der Waals surface area contributed by atoms with Crippen molar-refractivity contribution < 1.29 is 51.0 Å². The molecule has 1 aromatic carbocycles. The maximum Gasteiger partial charge on any atom is 2.00 e. The molecule has 0 saturated heterocycles. The Labute approximate surface area is 182 Å². The van der Waals surface area contributed by atoms with Gasteiger partial charge in [0.25, 0.3) is 0 Å². The van der Waals surface area contributed by atoms with Crippen LogP contribution in [0, 0.1) is 0 Å². The second kappa shape index (κ2) is 9.37. The van der Waals surface area contributed by atoms with Gasteiger partial charge >= 0.3 is 26.2 Å². The average molecular weight is 464 g/mol. The van der Waals surface area contributed by atoms with E-state index in [4.69, 9.17) is 4.99 Å². The Kier molecular flexibility index (Phi) is 8.41. The Bertz CT molecular complexity index is 842. The molecule has 3 aliphatic rings. The fourth-order valence-electron chi connectivity index (χ4n) is 3.44.